The summed E-state index contributed by atoms with van der Waals surface area (Å²) in [5.74, 6) is 2.87. The SMILES string of the molecule is Cc1ccc(Cl)c(OCC(=O)N[C@@H](C)[C@@H]2C[C@H]3CC[C@H]2C3)c1. The average molecular weight is 322 g/mol. The summed E-state index contributed by atoms with van der Waals surface area (Å²) < 4.78 is 5.56. The highest BCUT2D eigenvalue weighted by atomic mass is 35.5. The van der Waals surface area contributed by atoms with Gasteiger partial charge in [0.05, 0.1) is 5.02 Å². The Kier molecular flexibility index (Phi) is 4.62. The van der Waals surface area contributed by atoms with Gasteiger partial charge in [-0.15, -0.1) is 0 Å². The average Bonchev–Trinajstić information content (AvgIpc) is 3.11. The van der Waals surface area contributed by atoms with Gasteiger partial charge in [0.1, 0.15) is 5.75 Å². The van der Waals surface area contributed by atoms with E-state index in [2.05, 4.69) is 12.2 Å². The largest absolute Gasteiger partial charge is 0.482 e. The smallest absolute Gasteiger partial charge is 0.258 e. The minimum Gasteiger partial charge on any atom is -0.482 e. The normalized spacial score (nSPS) is 27.7. The summed E-state index contributed by atoms with van der Waals surface area (Å²) in [5.41, 5.74) is 1.06. The molecule has 22 heavy (non-hydrogen) atoms. The van der Waals surface area contributed by atoms with Crippen molar-refractivity contribution >= 4 is 17.5 Å². The maximum atomic E-state index is 12.1. The van der Waals surface area contributed by atoms with Gasteiger partial charge in [-0.3, -0.25) is 4.79 Å². The van der Waals surface area contributed by atoms with Crippen molar-refractivity contribution in [3.05, 3.63) is 28.8 Å². The van der Waals surface area contributed by atoms with Crippen LogP contribution in [0.1, 0.15) is 38.2 Å². The first kappa shape index (κ1) is 15.7. The van der Waals surface area contributed by atoms with Crippen LogP contribution in [0.2, 0.25) is 5.02 Å². The second-order valence-electron chi connectivity index (χ2n) is 6.92. The Hall–Kier alpha value is -1.22. The molecule has 120 valence electrons. The topological polar surface area (TPSA) is 38.3 Å². The maximum Gasteiger partial charge on any atom is 0.258 e. The summed E-state index contributed by atoms with van der Waals surface area (Å²) >= 11 is 6.08. The number of ether oxygens (including phenoxy) is 1. The minimum atomic E-state index is -0.0622. The van der Waals surface area contributed by atoms with Crippen molar-refractivity contribution in [1.82, 2.24) is 5.32 Å². The molecule has 1 amide bonds. The summed E-state index contributed by atoms with van der Waals surface area (Å²) in [6, 6.07) is 5.81. The number of nitrogens with one attached hydrogen (secondary N) is 1. The maximum absolute atomic E-state index is 12.1. The van der Waals surface area contributed by atoms with Gasteiger partial charge < -0.3 is 10.1 Å². The van der Waals surface area contributed by atoms with Crippen molar-refractivity contribution in [3.8, 4) is 5.75 Å². The Labute approximate surface area is 137 Å². The highest BCUT2D eigenvalue weighted by molar-refractivity contribution is 6.32. The predicted octanol–water partition coefficient (Wildman–Crippen LogP) is 3.97. The standard InChI is InChI=1S/C18H24ClNO2/c1-11-3-6-16(19)17(7-11)22-10-18(21)20-12(2)15-9-13-4-5-14(15)8-13/h3,6-7,12-15H,4-5,8-10H2,1-2H3,(H,20,21)/t12-,13-,14-,15-/m0/s1. The molecule has 4 heteroatoms. The van der Waals surface area contributed by atoms with E-state index in [1.807, 2.05) is 19.1 Å². The summed E-state index contributed by atoms with van der Waals surface area (Å²) in [6.07, 6.45) is 5.36. The predicted molar refractivity (Wildman–Crippen MR) is 88.2 cm³/mol. The monoisotopic (exact) mass is 321 g/mol. The Morgan fingerprint density at radius 3 is 2.91 bits per heavy atom. The molecule has 0 aromatic heterocycles. The molecular weight excluding hydrogens is 298 g/mol. The van der Waals surface area contributed by atoms with E-state index in [4.69, 9.17) is 16.3 Å². The van der Waals surface area contributed by atoms with E-state index in [9.17, 15) is 4.79 Å². The molecule has 0 radical (unpaired) electrons. The molecule has 0 heterocycles. The van der Waals surface area contributed by atoms with Crippen molar-refractivity contribution in [2.24, 2.45) is 17.8 Å². The van der Waals surface area contributed by atoms with Crippen LogP contribution in [0.4, 0.5) is 0 Å². The Morgan fingerprint density at radius 1 is 1.41 bits per heavy atom. The number of fused-ring (bicyclic) bond motifs is 2. The number of carbonyl (C=O) groups excluding carboxylic acids is 1. The number of hydrogen-bond acceptors (Lipinski definition) is 2. The molecule has 2 aliphatic carbocycles. The third-order valence-corrected chi connectivity index (χ3v) is 5.58. The van der Waals surface area contributed by atoms with Gasteiger partial charge in [0.15, 0.2) is 6.61 Å². The number of rotatable bonds is 5. The van der Waals surface area contributed by atoms with Crippen LogP contribution in [0.15, 0.2) is 18.2 Å². The van der Waals surface area contributed by atoms with Gasteiger partial charge in [-0.25, -0.2) is 0 Å². The fourth-order valence-electron chi connectivity index (χ4n) is 4.17. The molecule has 1 aromatic rings. The van der Waals surface area contributed by atoms with E-state index in [-0.39, 0.29) is 18.6 Å². The van der Waals surface area contributed by atoms with Gasteiger partial charge in [0, 0.05) is 6.04 Å². The molecule has 3 rings (SSSR count). The van der Waals surface area contributed by atoms with E-state index in [1.54, 1.807) is 6.07 Å². The summed E-state index contributed by atoms with van der Waals surface area (Å²) in [5, 5.41) is 3.65. The molecule has 0 saturated heterocycles. The Bertz CT molecular complexity index is 560. The van der Waals surface area contributed by atoms with Crippen molar-refractivity contribution in [2.45, 2.75) is 45.6 Å². The second-order valence-corrected chi connectivity index (χ2v) is 7.32. The zero-order chi connectivity index (χ0) is 15.7. The molecule has 2 bridgehead atoms. The van der Waals surface area contributed by atoms with Crippen LogP contribution < -0.4 is 10.1 Å². The number of benzene rings is 1. The molecule has 1 aromatic carbocycles. The van der Waals surface area contributed by atoms with E-state index in [0.29, 0.717) is 16.7 Å². The Balaban J connectivity index is 1.49. The molecule has 0 unspecified atom stereocenters. The third kappa shape index (κ3) is 3.40. The Morgan fingerprint density at radius 2 is 2.23 bits per heavy atom. The lowest BCUT2D eigenvalue weighted by molar-refractivity contribution is -0.124. The lowest BCUT2D eigenvalue weighted by atomic mass is 9.84. The number of carbonyl (C=O) groups is 1. The number of aryl methyl sites for hydroxylation is 1. The first-order valence-electron chi connectivity index (χ1n) is 8.21. The zero-order valence-corrected chi connectivity index (χ0v) is 14.0. The first-order valence-corrected chi connectivity index (χ1v) is 8.59. The van der Waals surface area contributed by atoms with E-state index < -0.39 is 0 Å². The van der Waals surface area contributed by atoms with Crippen LogP contribution in [0.5, 0.6) is 5.75 Å². The van der Waals surface area contributed by atoms with Crippen molar-refractivity contribution in [2.75, 3.05) is 6.61 Å². The van der Waals surface area contributed by atoms with Crippen molar-refractivity contribution < 1.29 is 9.53 Å². The van der Waals surface area contributed by atoms with E-state index in [0.717, 1.165) is 17.4 Å². The number of amides is 1. The van der Waals surface area contributed by atoms with Crippen LogP contribution in [-0.4, -0.2) is 18.6 Å². The molecular formula is C18H24ClNO2. The molecule has 0 spiro atoms. The fourth-order valence-corrected chi connectivity index (χ4v) is 4.35. The molecule has 1 N–H and O–H groups in total. The molecule has 4 atom stereocenters. The van der Waals surface area contributed by atoms with Crippen LogP contribution in [-0.2, 0) is 4.79 Å². The minimum absolute atomic E-state index is 0.0222. The fraction of sp³-hybridized carbons (Fsp3) is 0.611. The molecule has 2 saturated carbocycles. The molecule has 2 aliphatic rings. The highest BCUT2D eigenvalue weighted by Crippen LogP contribution is 2.49. The van der Waals surface area contributed by atoms with Crippen LogP contribution >= 0.6 is 11.6 Å². The number of hydrogen-bond donors (Lipinski definition) is 1. The molecule has 2 fully saturated rings. The number of halogens is 1. The van der Waals surface area contributed by atoms with E-state index >= 15 is 0 Å². The van der Waals surface area contributed by atoms with Crippen molar-refractivity contribution in [3.63, 3.8) is 0 Å². The van der Waals surface area contributed by atoms with Gasteiger partial charge in [-0.05, 0) is 68.6 Å². The lowest BCUT2D eigenvalue weighted by Gasteiger charge is -2.28. The summed E-state index contributed by atoms with van der Waals surface area (Å²) in [7, 11) is 0. The summed E-state index contributed by atoms with van der Waals surface area (Å²) in [4.78, 5) is 12.1. The quantitative estimate of drug-likeness (QED) is 0.891. The van der Waals surface area contributed by atoms with Gasteiger partial charge in [-0.1, -0.05) is 24.1 Å². The first-order chi connectivity index (χ1) is 10.5. The van der Waals surface area contributed by atoms with Gasteiger partial charge in [-0.2, -0.15) is 0 Å². The van der Waals surface area contributed by atoms with Crippen LogP contribution in [0.3, 0.4) is 0 Å². The van der Waals surface area contributed by atoms with E-state index in [1.165, 1.54) is 25.7 Å². The molecule has 0 aliphatic heterocycles. The van der Waals surface area contributed by atoms with Crippen LogP contribution in [0, 0.1) is 24.7 Å². The third-order valence-electron chi connectivity index (χ3n) is 5.27. The zero-order valence-electron chi connectivity index (χ0n) is 13.3. The van der Waals surface area contributed by atoms with Gasteiger partial charge in [0.25, 0.3) is 5.91 Å². The van der Waals surface area contributed by atoms with Crippen molar-refractivity contribution in [1.29, 1.82) is 0 Å². The summed E-state index contributed by atoms with van der Waals surface area (Å²) in [6.45, 7) is 4.12. The van der Waals surface area contributed by atoms with Gasteiger partial charge in [0.2, 0.25) is 0 Å². The lowest BCUT2D eigenvalue weighted by Crippen LogP contribution is -2.42. The molecule has 3 nitrogen and oxygen atoms in total. The van der Waals surface area contributed by atoms with Gasteiger partial charge >= 0.3 is 0 Å². The van der Waals surface area contributed by atoms with Crippen LogP contribution in [0.25, 0.3) is 0 Å². The second kappa shape index (κ2) is 6.49. The highest BCUT2D eigenvalue weighted by Gasteiger charge is 2.42.